The van der Waals surface area contributed by atoms with Gasteiger partial charge in [-0.3, -0.25) is 9.69 Å². The topological polar surface area (TPSA) is 49.8 Å². The lowest BCUT2D eigenvalue weighted by Crippen LogP contribution is -2.39. The Labute approximate surface area is 163 Å². The summed E-state index contributed by atoms with van der Waals surface area (Å²) in [5.41, 5.74) is 1.04. The highest BCUT2D eigenvalue weighted by molar-refractivity contribution is 6.23. The van der Waals surface area contributed by atoms with Gasteiger partial charge in [0.1, 0.15) is 6.61 Å². The van der Waals surface area contributed by atoms with Crippen LogP contribution in [0.5, 0.6) is 0 Å². The van der Waals surface area contributed by atoms with Gasteiger partial charge in [-0.1, -0.05) is 54.6 Å². The number of aliphatic hydroxyl groups is 1. The molecule has 1 N–H and O–H groups in total. The van der Waals surface area contributed by atoms with Gasteiger partial charge in [0.15, 0.2) is 0 Å². The molecule has 0 unspecified atom stereocenters. The minimum atomic E-state index is -0.232. The first-order valence-corrected chi connectivity index (χ1v) is 9.90. The van der Waals surface area contributed by atoms with Crippen LogP contribution in [-0.2, 0) is 16.1 Å². The summed E-state index contributed by atoms with van der Waals surface area (Å²) >= 11 is 0. The van der Waals surface area contributed by atoms with Crippen LogP contribution in [0.1, 0.15) is 18.4 Å². The zero-order valence-electron chi connectivity index (χ0n) is 15.7. The normalized spacial score (nSPS) is 16.3. The lowest BCUT2D eigenvalue weighted by atomic mass is 9.92. The largest absolute Gasteiger partial charge is 0.460 e. The van der Waals surface area contributed by atoms with Crippen molar-refractivity contribution in [2.75, 3.05) is 19.6 Å². The molecule has 1 heterocycles. The number of benzene rings is 4. The van der Waals surface area contributed by atoms with Crippen LogP contribution < -0.4 is 0 Å². The summed E-state index contributed by atoms with van der Waals surface area (Å²) in [6.45, 7) is 2.06. The number of carbonyl (C=O) groups excluding carboxylic acids is 1. The summed E-state index contributed by atoms with van der Waals surface area (Å²) < 4.78 is 5.60. The number of ether oxygens (including phenoxy) is 1. The number of piperidine rings is 1. The molecule has 0 atom stereocenters. The average Bonchev–Trinajstić information content (AvgIpc) is 2.72. The standard InChI is InChI=1S/C24H23NO3/c26-20-10-12-25(13-11-20)14-22(27)28-15-19-7-6-18-5-4-16-2-1-3-17-8-9-21(19)24(18)23(16)17/h1-9,20,26H,10-15H2. The molecule has 1 aliphatic rings. The number of nitrogens with zero attached hydrogens (tertiary/aromatic N) is 1. The van der Waals surface area contributed by atoms with Gasteiger partial charge >= 0.3 is 5.97 Å². The van der Waals surface area contributed by atoms with Crippen molar-refractivity contribution in [3.05, 3.63) is 60.2 Å². The van der Waals surface area contributed by atoms with E-state index in [1.54, 1.807) is 0 Å². The van der Waals surface area contributed by atoms with Crippen LogP contribution in [0.15, 0.2) is 54.6 Å². The molecule has 4 aromatic carbocycles. The van der Waals surface area contributed by atoms with E-state index in [9.17, 15) is 9.90 Å². The quantitative estimate of drug-likeness (QED) is 0.432. The molecular weight excluding hydrogens is 350 g/mol. The Bertz CT molecular complexity index is 1130. The maximum atomic E-state index is 12.3. The number of aliphatic hydroxyl groups excluding tert-OH is 1. The molecule has 1 aliphatic heterocycles. The van der Waals surface area contributed by atoms with E-state index in [0.29, 0.717) is 6.54 Å². The molecule has 0 spiro atoms. The summed E-state index contributed by atoms with van der Waals surface area (Å²) in [6, 6.07) is 19.2. The maximum absolute atomic E-state index is 12.3. The minimum Gasteiger partial charge on any atom is -0.460 e. The summed E-state index contributed by atoms with van der Waals surface area (Å²) in [4.78, 5) is 14.4. The fraction of sp³-hybridized carbons (Fsp3) is 0.292. The second-order valence-electron chi connectivity index (χ2n) is 7.75. The first-order valence-electron chi connectivity index (χ1n) is 9.90. The molecule has 0 bridgehead atoms. The molecule has 0 radical (unpaired) electrons. The lowest BCUT2D eigenvalue weighted by molar-refractivity contribution is -0.146. The van der Waals surface area contributed by atoms with E-state index in [0.717, 1.165) is 36.9 Å². The maximum Gasteiger partial charge on any atom is 0.320 e. The smallest absolute Gasteiger partial charge is 0.320 e. The number of hydrogen-bond donors (Lipinski definition) is 1. The zero-order chi connectivity index (χ0) is 19.1. The Kier molecular flexibility index (Phi) is 4.38. The molecule has 4 nitrogen and oxygen atoms in total. The molecular formula is C24H23NO3. The van der Waals surface area contributed by atoms with Crippen LogP contribution in [0.25, 0.3) is 32.3 Å². The van der Waals surface area contributed by atoms with Crippen LogP contribution in [0.2, 0.25) is 0 Å². The van der Waals surface area contributed by atoms with Gasteiger partial charge in [-0.05, 0) is 50.7 Å². The highest BCUT2D eigenvalue weighted by atomic mass is 16.5. The van der Waals surface area contributed by atoms with E-state index in [-0.39, 0.29) is 18.7 Å². The number of hydrogen-bond acceptors (Lipinski definition) is 4. The van der Waals surface area contributed by atoms with Crippen molar-refractivity contribution in [3.63, 3.8) is 0 Å². The summed E-state index contributed by atoms with van der Waals surface area (Å²) in [7, 11) is 0. The third-order valence-corrected chi connectivity index (χ3v) is 5.92. The van der Waals surface area contributed by atoms with E-state index < -0.39 is 0 Å². The van der Waals surface area contributed by atoms with Crippen LogP contribution in [0.3, 0.4) is 0 Å². The number of esters is 1. The fourth-order valence-electron chi connectivity index (χ4n) is 4.39. The SMILES string of the molecule is O=C(CN1CCC(O)CC1)OCc1ccc2ccc3cccc4ccc1c2c34. The van der Waals surface area contributed by atoms with Crippen molar-refractivity contribution in [2.45, 2.75) is 25.6 Å². The number of rotatable bonds is 4. The van der Waals surface area contributed by atoms with E-state index in [1.165, 1.54) is 26.9 Å². The predicted molar refractivity (Wildman–Crippen MR) is 112 cm³/mol. The fourth-order valence-corrected chi connectivity index (χ4v) is 4.39. The van der Waals surface area contributed by atoms with E-state index in [2.05, 4.69) is 59.5 Å². The molecule has 5 rings (SSSR count). The molecule has 1 fully saturated rings. The summed E-state index contributed by atoms with van der Waals surface area (Å²) in [5, 5.41) is 16.9. The van der Waals surface area contributed by atoms with Gasteiger partial charge < -0.3 is 9.84 Å². The van der Waals surface area contributed by atoms with Crippen molar-refractivity contribution >= 4 is 38.3 Å². The third kappa shape index (κ3) is 3.09. The first kappa shape index (κ1) is 17.4. The van der Waals surface area contributed by atoms with E-state index >= 15 is 0 Å². The monoisotopic (exact) mass is 373 g/mol. The van der Waals surface area contributed by atoms with Gasteiger partial charge in [-0.25, -0.2) is 0 Å². The van der Waals surface area contributed by atoms with Gasteiger partial charge in [0.2, 0.25) is 0 Å². The predicted octanol–water partition coefficient (Wildman–Crippen LogP) is 4.08. The van der Waals surface area contributed by atoms with Crippen molar-refractivity contribution in [1.82, 2.24) is 4.90 Å². The first-order chi connectivity index (χ1) is 13.7. The molecule has 0 saturated carbocycles. The second kappa shape index (κ2) is 7.04. The van der Waals surface area contributed by atoms with E-state index in [4.69, 9.17) is 4.74 Å². The highest BCUT2D eigenvalue weighted by Gasteiger charge is 2.20. The van der Waals surface area contributed by atoms with Crippen molar-refractivity contribution < 1.29 is 14.6 Å². The van der Waals surface area contributed by atoms with Gasteiger partial charge in [0, 0.05) is 13.1 Å². The minimum absolute atomic E-state index is 0.206. The van der Waals surface area contributed by atoms with Gasteiger partial charge in [0.05, 0.1) is 12.6 Å². The highest BCUT2D eigenvalue weighted by Crippen LogP contribution is 2.36. The molecule has 0 amide bonds. The van der Waals surface area contributed by atoms with Crippen LogP contribution in [-0.4, -0.2) is 41.7 Å². The third-order valence-electron chi connectivity index (χ3n) is 5.92. The van der Waals surface area contributed by atoms with Gasteiger partial charge in [-0.15, -0.1) is 0 Å². The molecule has 0 aliphatic carbocycles. The number of carbonyl (C=O) groups is 1. The summed E-state index contributed by atoms with van der Waals surface area (Å²) in [5.74, 6) is -0.206. The Morgan fingerprint density at radius 3 is 2.32 bits per heavy atom. The molecule has 0 aromatic heterocycles. The van der Waals surface area contributed by atoms with Gasteiger partial charge in [-0.2, -0.15) is 0 Å². The van der Waals surface area contributed by atoms with Crippen molar-refractivity contribution in [2.24, 2.45) is 0 Å². The Balaban J connectivity index is 1.39. The zero-order valence-corrected chi connectivity index (χ0v) is 15.7. The average molecular weight is 373 g/mol. The Morgan fingerprint density at radius 2 is 1.57 bits per heavy atom. The van der Waals surface area contributed by atoms with Gasteiger partial charge in [0.25, 0.3) is 0 Å². The Hall–Kier alpha value is -2.69. The molecule has 142 valence electrons. The van der Waals surface area contributed by atoms with Crippen molar-refractivity contribution in [1.29, 1.82) is 0 Å². The number of likely N-dealkylation sites (tertiary alicyclic amines) is 1. The van der Waals surface area contributed by atoms with E-state index in [1.807, 2.05) is 0 Å². The van der Waals surface area contributed by atoms with Crippen molar-refractivity contribution in [3.8, 4) is 0 Å². The van der Waals surface area contributed by atoms with Crippen LogP contribution in [0.4, 0.5) is 0 Å². The summed E-state index contributed by atoms with van der Waals surface area (Å²) in [6.07, 6.45) is 1.22. The molecule has 1 saturated heterocycles. The molecule has 28 heavy (non-hydrogen) atoms. The molecule has 4 aromatic rings. The van der Waals surface area contributed by atoms with Crippen LogP contribution in [0, 0.1) is 0 Å². The Morgan fingerprint density at radius 1 is 0.929 bits per heavy atom. The lowest BCUT2D eigenvalue weighted by Gasteiger charge is -2.28. The molecule has 4 heteroatoms. The second-order valence-corrected chi connectivity index (χ2v) is 7.75. The van der Waals surface area contributed by atoms with Crippen LogP contribution >= 0.6 is 0 Å².